The van der Waals surface area contributed by atoms with Gasteiger partial charge in [0.25, 0.3) is 0 Å². The lowest BCUT2D eigenvalue weighted by Gasteiger charge is -2.06. The molecule has 1 heterocycles. The number of nitriles is 1. The van der Waals surface area contributed by atoms with Gasteiger partial charge >= 0.3 is 0 Å². The minimum absolute atomic E-state index is 0.196. The topological polar surface area (TPSA) is 86.2 Å². The van der Waals surface area contributed by atoms with E-state index in [1.807, 2.05) is 60.7 Å². The maximum atomic E-state index is 10.1. The SMILES string of the molecule is COc1ccc(-c2oc(/N=C/c3ccc(OC)cc3OC)c(C#N)c2-c2ccc(OC)cc2)cc1. The summed E-state index contributed by atoms with van der Waals surface area (Å²) in [6.45, 7) is 0. The molecular weight excluding hydrogens is 444 g/mol. The molecule has 4 aromatic rings. The molecule has 0 amide bonds. The van der Waals surface area contributed by atoms with E-state index >= 15 is 0 Å². The molecule has 1 aromatic heterocycles. The third kappa shape index (κ3) is 4.82. The van der Waals surface area contributed by atoms with Crippen molar-refractivity contribution in [3.05, 3.63) is 77.9 Å². The fraction of sp³-hybridized carbons (Fsp3) is 0.143. The Balaban J connectivity index is 1.86. The molecule has 0 atom stereocenters. The first kappa shape index (κ1) is 23.5. The van der Waals surface area contributed by atoms with E-state index < -0.39 is 0 Å². The Morgan fingerprint density at radius 1 is 0.743 bits per heavy atom. The summed E-state index contributed by atoms with van der Waals surface area (Å²) in [4.78, 5) is 4.53. The molecule has 7 heteroatoms. The van der Waals surface area contributed by atoms with E-state index in [-0.39, 0.29) is 5.88 Å². The van der Waals surface area contributed by atoms with Crippen LogP contribution in [-0.2, 0) is 0 Å². The minimum atomic E-state index is 0.196. The molecular formula is C28H24N2O5. The van der Waals surface area contributed by atoms with Gasteiger partial charge in [-0.05, 0) is 54.1 Å². The molecule has 7 nitrogen and oxygen atoms in total. The van der Waals surface area contributed by atoms with Gasteiger partial charge in [0.1, 0.15) is 40.4 Å². The van der Waals surface area contributed by atoms with Gasteiger partial charge in [-0.1, -0.05) is 12.1 Å². The van der Waals surface area contributed by atoms with Gasteiger partial charge in [-0.3, -0.25) is 0 Å². The number of rotatable bonds is 8. The Bertz CT molecular complexity index is 1380. The summed E-state index contributed by atoms with van der Waals surface area (Å²) >= 11 is 0. The molecule has 0 bridgehead atoms. The zero-order chi connectivity index (χ0) is 24.8. The summed E-state index contributed by atoms with van der Waals surface area (Å²) < 4.78 is 27.5. The van der Waals surface area contributed by atoms with E-state index in [9.17, 15) is 5.26 Å². The van der Waals surface area contributed by atoms with Crippen molar-refractivity contribution in [3.63, 3.8) is 0 Å². The van der Waals surface area contributed by atoms with Gasteiger partial charge in [-0.2, -0.15) is 5.26 Å². The number of ether oxygens (including phenoxy) is 4. The van der Waals surface area contributed by atoms with Crippen molar-refractivity contribution in [2.24, 2.45) is 4.99 Å². The average Bonchev–Trinajstić information content (AvgIpc) is 3.30. The van der Waals surface area contributed by atoms with E-state index in [1.165, 1.54) is 0 Å². The van der Waals surface area contributed by atoms with E-state index in [1.54, 1.807) is 40.7 Å². The lowest BCUT2D eigenvalue weighted by Crippen LogP contribution is -1.92. The second-order valence-corrected chi connectivity index (χ2v) is 7.42. The molecule has 0 unspecified atom stereocenters. The number of nitrogens with zero attached hydrogens (tertiary/aromatic N) is 2. The summed E-state index contributed by atoms with van der Waals surface area (Å²) in [5.41, 5.74) is 3.28. The number of hydrogen-bond acceptors (Lipinski definition) is 7. The number of aliphatic imine (C=N–C) groups is 1. The molecule has 0 aliphatic carbocycles. The van der Waals surface area contributed by atoms with Crippen LogP contribution in [0, 0.1) is 11.3 Å². The van der Waals surface area contributed by atoms with Gasteiger partial charge in [0, 0.05) is 29.0 Å². The van der Waals surface area contributed by atoms with Crippen LogP contribution >= 0.6 is 0 Å². The molecule has 4 rings (SSSR count). The van der Waals surface area contributed by atoms with E-state index in [0.29, 0.717) is 39.7 Å². The van der Waals surface area contributed by atoms with Crippen LogP contribution in [-0.4, -0.2) is 34.7 Å². The van der Waals surface area contributed by atoms with Crippen molar-refractivity contribution in [3.8, 4) is 51.5 Å². The van der Waals surface area contributed by atoms with E-state index in [4.69, 9.17) is 23.4 Å². The molecule has 0 N–H and O–H groups in total. The monoisotopic (exact) mass is 468 g/mol. The number of hydrogen-bond donors (Lipinski definition) is 0. The van der Waals surface area contributed by atoms with Crippen molar-refractivity contribution in [1.29, 1.82) is 5.26 Å². The zero-order valence-electron chi connectivity index (χ0n) is 19.9. The van der Waals surface area contributed by atoms with Crippen LogP contribution in [0.15, 0.2) is 76.1 Å². The standard InChI is InChI=1S/C28H24N2O5/c1-31-21-10-5-18(6-11-21)26-24(16-29)28(35-27(26)19-7-12-22(32-2)13-8-19)30-17-20-9-14-23(33-3)15-25(20)34-4/h5-15,17H,1-4H3/b30-17+. The molecule has 0 aliphatic heterocycles. The molecule has 3 aromatic carbocycles. The zero-order valence-corrected chi connectivity index (χ0v) is 19.9. The predicted molar refractivity (Wildman–Crippen MR) is 134 cm³/mol. The third-order valence-electron chi connectivity index (χ3n) is 5.49. The maximum Gasteiger partial charge on any atom is 0.238 e. The van der Waals surface area contributed by atoms with Crippen LogP contribution in [0.5, 0.6) is 23.0 Å². The second kappa shape index (κ2) is 10.5. The third-order valence-corrected chi connectivity index (χ3v) is 5.49. The summed E-state index contributed by atoms with van der Waals surface area (Å²) in [5.74, 6) is 3.41. The van der Waals surface area contributed by atoms with Gasteiger partial charge < -0.3 is 23.4 Å². The van der Waals surface area contributed by atoms with Gasteiger partial charge in [0.15, 0.2) is 0 Å². The number of furan rings is 1. The van der Waals surface area contributed by atoms with Crippen LogP contribution in [0.3, 0.4) is 0 Å². The Morgan fingerprint density at radius 3 is 1.86 bits per heavy atom. The summed E-state index contributed by atoms with van der Waals surface area (Å²) in [6, 6.07) is 22.6. The van der Waals surface area contributed by atoms with Crippen molar-refractivity contribution in [2.45, 2.75) is 0 Å². The van der Waals surface area contributed by atoms with Crippen LogP contribution in [0.4, 0.5) is 5.88 Å². The highest BCUT2D eigenvalue weighted by molar-refractivity contribution is 5.91. The van der Waals surface area contributed by atoms with Gasteiger partial charge in [0.05, 0.1) is 28.4 Å². The van der Waals surface area contributed by atoms with Crippen LogP contribution in [0.25, 0.3) is 22.5 Å². The highest BCUT2D eigenvalue weighted by atomic mass is 16.5. The fourth-order valence-corrected chi connectivity index (χ4v) is 3.65. The van der Waals surface area contributed by atoms with Crippen molar-refractivity contribution < 1.29 is 23.4 Å². The second-order valence-electron chi connectivity index (χ2n) is 7.42. The first-order valence-corrected chi connectivity index (χ1v) is 10.7. The van der Waals surface area contributed by atoms with Crippen LogP contribution in [0.2, 0.25) is 0 Å². The summed E-state index contributed by atoms with van der Waals surface area (Å²) in [7, 11) is 6.38. The molecule has 0 fully saturated rings. The van der Waals surface area contributed by atoms with Crippen molar-refractivity contribution >= 4 is 12.1 Å². The number of methoxy groups -OCH3 is 4. The average molecular weight is 469 g/mol. The van der Waals surface area contributed by atoms with Crippen LogP contribution in [0.1, 0.15) is 11.1 Å². The van der Waals surface area contributed by atoms with Crippen molar-refractivity contribution in [2.75, 3.05) is 28.4 Å². The summed E-state index contributed by atoms with van der Waals surface area (Å²) in [6.07, 6.45) is 1.60. The van der Waals surface area contributed by atoms with Gasteiger partial charge in [-0.25, -0.2) is 4.99 Å². The lowest BCUT2D eigenvalue weighted by atomic mass is 9.98. The molecule has 0 saturated heterocycles. The maximum absolute atomic E-state index is 10.1. The first-order valence-electron chi connectivity index (χ1n) is 10.7. The van der Waals surface area contributed by atoms with E-state index in [2.05, 4.69) is 11.1 Å². The fourth-order valence-electron chi connectivity index (χ4n) is 3.65. The van der Waals surface area contributed by atoms with Crippen LogP contribution < -0.4 is 18.9 Å². The highest BCUT2D eigenvalue weighted by Gasteiger charge is 2.23. The van der Waals surface area contributed by atoms with Gasteiger partial charge in [0.2, 0.25) is 5.88 Å². The van der Waals surface area contributed by atoms with Gasteiger partial charge in [-0.15, -0.1) is 0 Å². The quantitative estimate of drug-likeness (QED) is 0.283. The molecule has 0 aliphatic rings. The molecule has 0 saturated carbocycles. The minimum Gasteiger partial charge on any atom is -0.497 e. The Hall–Kier alpha value is -4.70. The number of benzene rings is 3. The van der Waals surface area contributed by atoms with E-state index in [0.717, 1.165) is 16.9 Å². The van der Waals surface area contributed by atoms with Crippen molar-refractivity contribution in [1.82, 2.24) is 0 Å². The molecule has 0 radical (unpaired) electrons. The largest absolute Gasteiger partial charge is 0.497 e. The Kier molecular flexibility index (Phi) is 7.03. The molecule has 0 spiro atoms. The first-order chi connectivity index (χ1) is 17.1. The normalized spacial score (nSPS) is 10.7. The molecule has 176 valence electrons. The lowest BCUT2D eigenvalue weighted by molar-refractivity contribution is 0.394. The molecule has 35 heavy (non-hydrogen) atoms. The highest BCUT2D eigenvalue weighted by Crippen LogP contribution is 2.43. The summed E-state index contributed by atoms with van der Waals surface area (Å²) in [5, 5.41) is 10.1. The smallest absolute Gasteiger partial charge is 0.238 e. The predicted octanol–water partition coefficient (Wildman–Crippen LogP) is 6.27. The Labute approximate surface area is 203 Å². The Morgan fingerprint density at radius 2 is 1.31 bits per heavy atom.